The average Bonchev–Trinajstić information content (AvgIpc) is 2.89. The fourth-order valence-corrected chi connectivity index (χ4v) is 3.05. The van der Waals surface area contributed by atoms with Crippen LogP contribution >= 0.6 is 0 Å². The third-order valence-electron chi connectivity index (χ3n) is 4.10. The molecule has 0 bridgehead atoms. The van der Waals surface area contributed by atoms with Gasteiger partial charge in [-0.2, -0.15) is 4.98 Å². The van der Waals surface area contributed by atoms with E-state index in [-0.39, 0.29) is 6.10 Å². The highest BCUT2D eigenvalue weighted by Gasteiger charge is 2.29. The molecule has 0 radical (unpaired) electrons. The summed E-state index contributed by atoms with van der Waals surface area (Å²) in [4.78, 5) is 4.42. The standard InChI is InChI=1S/C15H26N2O3/c1-3-7-12(18)10-13-16-15(17-20-13)14(19-2)11-8-5-4-6-9-11/h11-12,14,18H,3-10H2,1-2H3. The summed E-state index contributed by atoms with van der Waals surface area (Å²) in [6, 6.07) is 0. The molecule has 1 aliphatic carbocycles. The van der Waals surface area contributed by atoms with Crippen LogP contribution in [-0.2, 0) is 11.2 Å². The maximum atomic E-state index is 9.80. The van der Waals surface area contributed by atoms with Gasteiger partial charge in [0, 0.05) is 7.11 Å². The van der Waals surface area contributed by atoms with Crippen molar-refractivity contribution < 1.29 is 14.4 Å². The molecule has 1 aromatic heterocycles. The van der Waals surface area contributed by atoms with Crippen molar-refractivity contribution in [3.8, 4) is 0 Å². The molecule has 5 heteroatoms. The van der Waals surface area contributed by atoms with E-state index < -0.39 is 6.10 Å². The number of methoxy groups -OCH3 is 1. The Morgan fingerprint density at radius 2 is 2.10 bits per heavy atom. The second-order valence-corrected chi connectivity index (χ2v) is 5.75. The molecule has 114 valence electrons. The Bertz CT molecular complexity index is 388. The molecule has 1 fully saturated rings. The van der Waals surface area contributed by atoms with Crippen molar-refractivity contribution in [2.75, 3.05) is 7.11 Å². The Kier molecular flexibility index (Phi) is 5.98. The minimum Gasteiger partial charge on any atom is -0.393 e. The summed E-state index contributed by atoms with van der Waals surface area (Å²) in [6.07, 6.45) is 7.82. The van der Waals surface area contributed by atoms with Crippen molar-refractivity contribution in [2.45, 2.75) is 70.5 Å². The molecule has 20 heavy (non-hydrogen) atoms. The highest BCUT2D eigenvalue weighted by Crippen LogP contribution is 2.35. The van der Waals surface area contributed by atoms with Crippen molar-refractivity contribution in [1.82, 2.24) is 10.1 Å². The zero-order valence-electron chi connectivity index (χ0n) is 12.5. The Balaban J connectivity index is 1.98. The van der Waals surface area contributed by atoms with Crippen molar-refractivity contribution in [1.29, 1.82) is 0 Å². The van der Waals surface area contributed by atoms with E-state index in [1.165, 1.54) is 32.1 Å². The molecule has 0 saturated heterocycles. The second kappa shape index (κ2) is 7.74. The first-order valence-electron chi connectivity index (χ1n) is 7.78. The minimum atomic E-state index is -0.399. The van der Waals surface area contributed by atoms with E-state index in [1.54, 1.807) is 7.11 Å². The molecular weight excluding hydrogens is 256 g/mol. The number of hydrogen-bond donors (Lipinski definition) is 1. The summed E-state index contributed by atoms with van der Waals surface area (Å²) in [5.74, 6) is 1.64. The number of aliphatic hydroxyl groups excluding tert-OH is 1. The summed E-state index contributed by atoms with van der Waals surface area (Å²) in [5.41, 5.74) is 0. The molecule has 1 saturated carbocycles. The van der Waals surface area contributed by atoms with Crippen molar-refractivity contribution in [3.63, 3.8) is 0 Å². The molecule has 0 aliphatic heterocycles. The van der Waals surface area contributed by atoms with E-state index in [9.17, 15) is 5.11 Å². The van der Waals surface area contributed by atoms with Crippen molar-refractivity contribution in [2.24, 2.45) is 5.92 Å². The first-order chi connectivity index (χ1) is 9.74. The molecule has 5 nitrogen and oxygen atoms in total. The Morgan fingerprint density at radius 3 is 2.75 bits per heavy atom. The van der Waals surface area contributed by atoms with Crippen LogP contribution in [0.5, 0.6) is 0 Å². The van der Waals surface area contributed by atoms with Crippen LogP contribution < -0.4 is 0 Å². The van der Waals surface area contributed by atoms with Gasteiger partial charge in [-0.25, -0.2) is 0 Å². The molecule has 1 aliphatic rings. The first kappa shape index (κ1) is 15.4. The molecule has 2 rings (SSSR count). The summed E-state index contributed by atoms with van der Waals surface area (Å²) < 4.78 is 10.8. The largest absolute Gasteiger partial charge is 0.393 e. The topological polar surface area (TPSA) is 68.4 Å². The molecule has 2 atom stereocenters. The first-order valence-corrected chi connectivity index (χ1v) is 7.78. The number of nitrogens with zero attached hydrogens (tertiary/aromatic N) is 2. The van der Waals surface area contributed by atoms with Gasteiger partial charge in [-0.3, -0.25) is 0 Å². The van der Waals surface area contributed by atoms with Gasteiger partial charge in [0.15, 0.2) is 0 Å². The second-order valence-electron chi connectivity index (χ2n) is 5.75. The lowest BCUT2D eigenvalue weighted by Gasteiger charge is -2.26. The SMILES string of the molecule is CCCC(O)Cc1nc(C(OC)C2CCCCC2)no1. The van der Waals surface area contributed by atoms with Crippen molar-refractivity contribution in [3.05, 3.63) is 11.7 Å². The monoisotopic (exact) mass is 282 g/mol. The van der Waals surface area contributed by atoms with Gasteiger partial charge in [-0.1, -0.05) is 37.8 Å². The number of aromatic nitrogens is 2. The Labute approximate surface area is 120 Å². The van der Waals surface area contributed by atoms with Gasteiger partial charge >= 0.3 is 0 Å². The summed E-state index contributed by atoms with van der Waals surface area (Å²) in [5, 5.41) is 13.9. The van der Waals surface area contributed by atoms with Crippen LogP contribution in [0.3, 0.4) is 0 Å². The minimum absolute atomic E-state index is 0.0730. The summed E-state index contributed by atoms with van der Waals surface area (Å²) in [6.45, 7) is 2.05. The van der Waals surface area contributed by atoms with Crippen LogP contribution in [0.4, 0.5) is 0 Å². The van der Waals surface area contributed by atoms with Crippen LogP contribution in [0.25, 0.3) is 0 Å². The van der Waals surface area contributed by atoms with Crippen LogP contribution in [0.15, 0.2) is 4.52 Å². The van der Waals surface area contributed by atoms with E-state index >= 15 is 0 Å². The van der Waals surface area contributed by atoms with E-state index in [4.69, 9.17) is 9.26 Å². The lowest BCUT2D eigenvalue weighted by molar-refractivity contribution is 0.0273. The summed E-state index contributed by atoms with van der Waals surface area (Å²) >= 11 is 0. The molecular formula is C15H26N2O3. The van der Waals surface area contributed by atoms with Gasteiger partial charge in [0.1, 0.15) is 6.10 Å². The average molecular weight is 282 g/mol. The number of aliphatic hydroxyl groups is 1. The summed E-state index contributed by atoms with van der Waals surface area (Å²) in [7, 11) is 1.71. The Morgan fingerprint density at radius 1 is 1.35 bits per heavy atom. The zero-order chi connectivity index (χ0) is 14.4. The van der Waals surface area contributed by atoms with Gasteiger partial charge in [0.25, 0.3) is 0 Å². The molecule has 1 aromatic rings. The highest BCUT2D eigenvalue weighted by atomic mass is 16.5. The van der Waals surface area contributed by atoms with E-state index in [1.807, 2.05) is 6.92 Å². The predicted octanol–water partition coefficient (Wildman–Crippen LogP) is 3.04. The van der Waals surface area contributed by atoms with Gasteiger partial charge in [-0.15, -0.1) is 0 Å². The van der Waals surface area contributed by atoms with E-state index in [0.717, 1.165) is 12.8 Å². The van der Waals surface area contributed by atoms with Gasteiger partial charge < -0.3 is 14.4 Å². The van der Waals surface area contributed by atoms with Crippen molar-refractivity contribution >= 4 is 0 Å². The highest BCUT2D eigenvalue weighted by molar-refractivity contribution is 4.95. The van der Waals surface area contributed by atoms with Gasteiger partial charge in [0.2, 0.25) is 11.7 Å². The van der Waals surface area contributed by atoms with Crippen LogP contribution in [0, 0.1) is 5.92 Å². The number of hydrogen-bond acceptors (Lipinski definition) is 5. The molecule has 0 aromatic carbocycles. The van der Waals surface area contributed by atoms with Gasteiger partial charge in [-0.05, 0) is 25.2 Å². The smallest absolute Gasteiger partial charge is 0.229 e. The zero-order valence-corrected chi connectivity index (χ0v) is 12.5. The number of ether oxygens (including phenoxy) is 1. The number of rotatable bonds is 7. The molecule has 0 amide bonds. The maximum absolute atomic E-state index is 9.80. The third-order valence-corrected chi connectivity index (χ3v) is 4.10. The predicted molar refractivity (Wildman–Crippen MR) is 75.2 cm³/mol. The fraction of sp³-hybridized carbons (Fsp3) is 0.867. The maximum Gasteiger partial charge on any atom is 0.229 e. The fourth-order valence-electron chi connectivity index (χ4n) is 3.05. The van der Waals surface area contributed by atoms with E-state index in [0.29, 0.717) is 24.1 Å². The molecule has 1 heterocycles. The van der Waals surface area contributed by atoms with E-state index in [2.05, 4.69) is 10.1 Å². The Hall–Kier alpha value is -0.940. The van der Waals surface area contributed by atoms with Crippen LogP contribution in [0.1, 0.15) is 69.7 Å². The molecule has 0 spiro atoms. The van der Waals surface area contributed by atoms with Gasteiger partial charge in [0.05, 0.1) is 12.5 Å². The van der Waals surface area contributed by atoms with Crippen LogP contribution in [-0.4, -0.2) is 28.5 Å². The lowest BCUT2D eigenvalue weighted by atomic mass is 9.85. The molecule has 2 unspecified atom stereocenters. The quantitative estimate of drug-likeness (QED) is 0.832. The van der Waals surface area contributed by atoms with Crippen LogP contribution in [0.2, 0.25) is 0 Å². The lowest BCUT2D eigenvalue weighted by Crippen LogP contribution is -2.19. The normalized spacial score (nSPS) is 19.9. The molecule has 1 N–H and O–H groups in total. The third kappa shape index (κ3) is 4.03.